The normalized spacial score (nSPS) is 10.9. The fourth-order valence-corrected chi connectivity index (χ4v) is 3.35. The standard InChI is InChI=1S/C19H15N5O3S/c25-17(8-10-24-19(26)14-5-1-2-6-15(14)22-23-24)27-11-13-12-28-18(21-13)16-7-3-4-9-20-16/h1-7,9,12H,8,10-11H2. The lowest BCUT2D eigenvalue weighted by molar-refractivity contribution is -0.145. The summed E-state index contributed by atoms with van der Waals surface area (Å²) in [6.07, 6.45) is 1.72. The van der Waals surface area contributed by atoms with Gasteiger partial charge in [0.1, 0.15) is 17.1 Å². The van der Waals surface area contributed by atoms with Gasteiger partial charge in [0.15, 0.2) is 0 Å². The van der Waals surface area contributed by atoms with Crippen molar-refractivity contribution in [2.75, 3.05) is 0 Å². The van der Waals surface area contributed by atoms with Crippen molar-refractivity contribution >= 4 is 28.2 Å². The van der Waals surface area contributed by atoms with E-state index < -0.39 is 5.97 Å². The highest BCUT2D eigenvalue weighted by atomic mass is 32.1. The predicted molar refractivity (Wildman–Crippen MR) is 104 cm³/mol. The number of ether oxygens (including phenoxy) is 1. The van der Waals surface area contributed by atoms with Crippen LogP contribution in [-0.4, -0.2) is 30.9 Å². The molecule has 0 saturated heterocycles. The zero-order valence-electron chi connectivity index (χ0n) is 14.7. The molecule has 3 aromatic heterocycles. The second-order valence-corrected chi connectivity index (χ2v) is 6.76. The Morgan fingerprint density at radius 1 is 1.14 bits per heavy atom. The number of benzene rings is 1. The van der Waals surface area contributed by atoms with Crippen LogP contribution < -0.4 is 5.56 Å². The summed E-state index contributed by atoms with van der Waals surface area (Å²) in [5.41, 5.74) is 1.68. The third-order valence-corrected chi connectivity index (χ3v) is 4.89. The molecule has 0 aliphatic carbocycles. The van der Waals surface area contributed by atoms with Gasteiger partial charge in [-0.3, -0.25) is 14.6 Å². The van der Waals surface area contributed by atoms with Crippen molar-refractivity contribution in [3.63, 3.8) is 0 Å². The number of rotatable bonds is 6. The zero-order valence-corrected chi connectivity index (χ0v) is 15.5. The molecule has 28 heavy (non-hydrogen) atoms. The van der Waals surface area contributed by atoms with Gasteiger partial charge in [0.2, 0.25) is 0 Å². The number of hydrogen-bond acceptors (Lipinski definition) is 8. The molecule has 0 aliphatic rings. The van der Waals surface area contributed by atoms with Gasteiger partial charge in [-0.25, -0.2) is 9.67 Å². The van der Waals surface area contributed by atoms with Crippen LogP contribution in [0.15, 0.2) is 58.8 Å². The maximum Gasteiger partial charge on any atom is 0.308 e. The van der Waals surface area contributed by atoms with Crippen LogP contribution in [-0.2, 0) is 22.7 Å². The summed E-state index contributed by atoms with van der Waals surface area (Å²) in [6, 6.07) is 12.5. The highest BCUT2D eigenvalue weighted by Crippen LogP contribution is 2.21. The smallest absolute Gasteiger partial charge is 0.308 e. The fourth-order valence-electron chi connectivity index (χ4n) is 2.57. The van der Waals surface area contributed by atoms with Crippen molar-refractivity contribution < 1.29 is 9.53 Å². The van der Waals surface area contributed by atoms with E-state index in [1.807, 2.05) is 23.6 Å². The third kappa shape index (κ3) is 3.94. The van der Waals surface area contributed by atoms with Crippen molar-refractivity contribution in [2.45, 2.75) is 19.6 Å². The number of fused-ring (bicyclic) bond motifs is 1. The Balaban J connectivity index is 1.34. The third-order valence-electron chi connectivity index (χ3n) is 3.97. The number of thiazole rings is 1. The first-order chi connectivity index (χ1) is 13.7. The molecule has 0 spiro atoms. The summed E-state index contributed by atoms with van der Waals surface area (Å²) in [7, 11) is 0. The van der Waals surface area contributed by atoms with Crippen molar-refractivity contribution in [3.05, 3.63) is 70.1 Å². The van der Waals surface area contributed by atoms with Crippen LogP contribution in [0, 0.1) is 0 Å². The summed E-state index contributed by atoms with van der Waals surface area (Å²) in [5, 5.41) is 10.9. The van der Waals surface area contributed by atoms with E-state index in [2.05, 4.69) is 20.3 Å². The number of esters is 1. The molecule has 0 saturated carbocycles. The van der Waals surface area contributed by atoms with E-state index in [9.17, 15) is 9.59 Å². The van der Waals surface area contributed by atoms with Crippen LogP contribution in [0.25, 0.3) is 21.6 Å². The van der Waals surface area contributed by atoms with Crippen molar-refractivity contribution in [3.8, 4) is 10.7 Å². The Bertz CT molecular complexity index is 1170. The average molecular weight is 393 g/mol. The van der Waals surface area contributed by atoms with Gasteiger partial charge in [0.25, 0.3) is 5.56 Å². The maximum atomic E-state index is 12.4. The van der Waals surface area contributed by atoms with E-state index in [4.69, 9.17) is 4.74 Å². The molecule has 0 aliphatic heterocycles. The first-order valence-corrected chi connectivity index (χ1v) is 9.42. The van der Waals surface area contributed by atoms with Gasteiger partial charge in [0.05, 0.1) is 29.7 Å². The molecular weight excluding hydrogens is 378 g/mol. The van der Waals surface area contributed by atoms with Crippen LogP contribution in [0.1, 0.15) is 12.1 Å². The minimum Gasteiger partial charge on any atom is -0.459 e. The Morgan fingerprint density at radius 3 is 2.86 bits per heavy atom. The maximum absolute atomic E-state index is 12.4. The van der Waals surface area contributed by atoms with Gasteiger partial charge in [-0.05, 0) is 24.3 Å². The first kappa shape index (κ1) is 17.9. The highest BCUT2D eigenvalue weighted by molar-refractivity contribution is 7.13. The van der Waals surface area contributed by atoms with E-state index in [1.54, 1.807) is 30.5 Å². The van der Waals surface area contributed by atoms with E-state index in [0.717, 1.165) is 10.7 Å². The summed E-state index contributed by atoms with van der Waals surface area (Å²) >= 11 is 1.44. The van der Waals surface area contributed by atoms with Crippen LogP contribution >= 0.6 is 11.3 Å². The molecule has 140 valence electrons. The second-order valence-electron chi connectivity index (χ2n) is 5.90. The monoisotopic (exact) mass is 393 g/mol. The lowest BCUT2D eigenvalue weighted by atomic mass is 10.2. The molecule has 0 unspecified atom stereocenters. The first-order valence-electron chi connectivity index (χ1n) is 8.55. The van der Waals surface area contributed by atoms with Crippen molar-refractivity contribution in [1.82, 2.24) is 25.0 Å². The molecule has 0 bridgehead atoms. The van der Waals surface area contributed by atoms with Crippen LogP contribution in [0.4, 0.5) is 0 Å². The van der Waals surface area contributed by atoms with Crippen molar-refractivity contribution in [2.24, 2.45) is 0 Å². The molecule has 0 fully saturated rings. The largest absolute Gasteiger partial charge is 0.459 e. The van der Waals surface area contributed by atoms with Crippen molar-refractivity contribution in [1.29, 1.82) is 0 Å². The van der Waals surface area contributed by atoms with Gasteiger partial charge in [0, 0.05) is 11.6 Å². The number of carbonyl (C=O) groups excluding carboxylic acids is 1. The van der Waals surface area contributed by atoms with Crippen LogP contribution in [0.2, 0.25) is 0 Å². The molecule has 4 rings (SSSR count). The lowest BCUT2D eigenvalue weighted by Gasteiger charge is -2.05. The summed E-state index contributed by atoms with van der Waals surface area (Å²) in [4.78, 5) is 33.0. The lowest BCUT2D eigenvalue weighted by Crippen LogP contribution is -2.25. The zero-order chi connectivity index (χ0) is 19.3. The summed E-state index contributed by atoms with van der Waals surface area (Å²) in [5.74, 6) is -0.436. The fraction of sp³-hybridized carbons (Fsp3) is 0.158. The number of aromatic nitrogens is 5. The SMILES string of the molecule is O=C(CCn1nnc2ccccc2c1=O)OCc1csc(-c2ccccn2)n1. The molecule has 0 amide bonds. The van der Waals surface area contributed by atoms with E-state index in [-0.39, 0.29) is 25.1 Å². The minimum atomic E-state index is -0.436. The quantitative estimate of drug-likeness (QED) is 0.464. The average Bonchev–Trinajstić information content (AvgIpc) is 3.22. The topological polar surface area (TPSA) is 99.9 Å². The minimum absolute atomic E-state index is 0.0180. The van der Waals surface area contributed by atoms with E-state index in [0.29, 0.717) is 16.6 Å². The molecule has 0 radical (unpaired) electrons. The van der Waals surface area contributed by atoms with E-state index >= 15 is 0 Å². The molecule has 3 heterocycles. The van der Waals surface area contributed by atoms with Crippen LogP contribution in [0.5, 0.6) is 0 Å². The van der Waals surface area contributed by atoms with Crippen LogP contribution in [0.3, 0.4) is 0 Å². The number of nitrogens with zero attached hydrogens (tertiary/aromatic N) is 5. The molecule has 1 aromatic carbocycles. The Kier molecular flexibility index (Phi) is 5.16. The van der Waals surface area contributed by atoms with Gasteiger partial charge in [-0.15, -0.1) is 16.4 Å². The Labute approximate surface area is 163 Å². The Hall–Kier alpha value is -3.46. The Morgan fingerprint density at radius 2 is 2.00 bits per heavy atom. The second kappa shape index (κ2) is 8.05. The molecule has 0 N–H and O–H groups in total. The molecule has 8 nitrogen and oxygen atoms in total. The molecular formula is C19H15N5O3S. The number of carbonyl (C=O) groups is 1. The molecule has 0 atom stereocenters. The highest BCUT2D eigenvalue weighted by Gasteiger charge is 2.11. The van der Waals surface area contributed by atoms with Gasteiger partial charge < -0.3 is 4.74 Å². The van der Waals surface area contributed by atoms with Gasteiger partial charge in [-0.2, -0.15) is 0 Å². The number of aryl methyl sites for hydroxylation is 1. The van der Waals surface area contributed by atoms with Gasteiger partial charge in [-0.1, -0.05) is 23.4 Å². The predicted octanol–water partition coefficient (Wildman–Crippen LogP) is 2.44. The molecule has 4 aromatic rings. The van der Waals surface area contributed by atoms with Gasteiger partial charge >= 0.3 is 5.97 Å². The summed E-state index contributed by atoms with van der Waals surface area (Å²) in [6.45, 7) is 0.173. The number of pyridine rings is 1. The van der Waals surface area contributed by atoms with E-state index in [1.165, 1.54) is 16.0 Å². The molecule has 9 heteroatoms. The summed E-state index contributed by atoms with van der Waals surface area (Å²) < 4.78 is 6.42. The number of hydrogen-bond donors (Lipinski definition) is 0.